The fourth-order valence-electron chi connectivity index (χ4n) is 2.36. The molecule has 0 aromatic carbocycles. The molecule has 17 heavy (non-hydrogen) atoms. The summed E-state index contributed by atoms with van der Waals surface area (Å²) in [5, 5.41) is 9.64. The van der Waals surface area contributed by atoms with E-state index in [-0.39, 0.29) is 5.60 Å². The van der Waals surface area contributed by atoms with Crippen molar-refractivity contribution in [2.45, 2.75) is 78.9 Å². The number of hydrogen-bond donors (Lipinski definition) is 1. The smallest absolute Gasteiger partial charge is 0.0629 e. The summed E-state index contributed by atoms with van der Waals surface area (Å²) in [5.74, 6) is 1.43. The minimum absolute atomic E-state index is 0.0838. The summed E-state index contributed by atoms with van der Waals surface area (Å²) in [6, 6.07) is 0. The van der Waals surface area contributed by atoms with Crippen molar-refractivity contribution >= 4 is 0 Å². The number of rotatable bonds is 8. The van der Waals surface area contributed by atoms with Crippen molar-refractivity contribution in [1.29, 1.82) is 0 Å². The van der Waals surface area contributed by atoms with E-state index in [0.29, 0.717) is 18.9 Å². The van der Waals surface area contributed by atoms with E-state index >= 15 is 0 Å². The second-order valence-corrected chi connectivity index (χ2v) is 7.11. The summed E-state index contributed by atoms with van der Waals surface area (Å²) in [6.07, 6.45) is 3.02. The maximum absolute atomic E-state index is 9.64. The standard InChI is InChI=1S/C15H32O2/c1-12(2)10-13(3)11-15(6,7)17-9-8-14(4,5)16/h12-13,16H,8-11H2,1-7H3. The lowest BCUT2D eigenvalue weighted by Crippen LogP contribution is -2.30. The zero-order chi connectivity index (χ0) is 13.7. The van der Waals surface area contributed by atoms with E-state index in [1.807, 2.05) is 13.8 Å². The van der Waals surface area contributed by atoms with Gasteiger partial charge in [0.05, 0.1) is 17.8 Å². The van der Waals surface area contributed by atoms with Crippen LogP contribution in [0, 0.1) is 11.8 Å². The number of aliphatic hydroxyl groups is 1. The highest BCUT2D eigenvalue weighted by Gasteiger charge is 2.23. The maximum atomic E-state index is 9.64. The number of ether oxygens (including phenoxy) is 1. The van der Waals surface area contributed by atoms with Gasteiger partial charge in [-0.1, -0.05) is 20.8 Å². The van der Waals surface area contributed by atoms with Crippen LogP contribution in [0.2, 0.25) is 0 Å². The van der Waals surface area contributed by atoms with Crippen molar-refractivity contribution in [2.75, 3.05) is 6.61 Å². The molecule has 0 aromatic heterocycles. The molecule has 0 amide bonds. The summed E-state index contributed by atoms with van der Waals surface area (Å²) < 4.78 is 5.90. The van der Waals surface area contributed by atoms with E-state index < -0.39 is 5.60 Å². The molecule has 0 rings (SSSR count). The molecule has 0 aliphatic heterocycles. The Balaban J connectivity index is 3.94. The van der Waals surface area contributed by atoms with Gasteiger partial charge >= 0.3 is 0 Å². The van der Waals surface area contributed by atoms with E-state index in [1.54, 1.807) is 0 Å². The van der Waals surface area contributed by atoms with Crippen LogP contribution in [0.1, 0.15) is 67.7 Å². The Morgan fingerprint density at radius 2 is 1.59 bits per heavy atom. The van der Waals surface area contributed by atoms with Crippen LogP contribution in [-0.4, -0.2) is 22.9 Å². The summed E-state index contributed by atoms with van der Waals surface area (Å²) in [6.45, 7) is 15.4. The van der Waals surface area contributed by atoms with Crippen molar-refractivity contribution in [2.24, 2.45) is 11.8 Å². The third kappa shape index (κ3) is 10.8. The Morgan fingerprint density at radius 3 is 2.00 bits per heavy atom. The van der Waals surface area contributed by atoms with Gasteiger partial charge in [0.2, 0.25) is 0 Å². The predicted molar refractivity (Wildman–Crippen MR) is 74.2 cm³/mol. The van der Waals surface area contributed by atoms with E-state index in [2.05, 4.69) is 34.6 Å². The zero-order valence-corrected chi connectivity index (χ0v) is 12.8. The van der Waals surface area contributed by atoms with E-state index in [9.17, 15) is 5.11 Å². The summed E-state index contributed by atoms with van der Waals surface area (Å²) >= 11 is 0. The van der Waals surface area contributed by atoms with E-state index in [4.69, 9.17) is 4.74 Å². The molecule has 1 N–H and O–H groups in total. The van der Waals surface area contributed by atoms with Crippen LogP contribution in [0.3, 0.4) is 0 Å². The molecule has 0 bridgehead atoms. The second-order valence-electron chi connectivity index (χ2n) is 7.11. The van der Waals surface area contributed by atoms with Crippen molar-refractivity contribution in [3.05, 3.63) is 0 Å². The predicted octanol–water partition coefficient (Wildman–Crippen LogP) is 4.01. The van der Waals surface area contributed by atoms with Gasteiger partial charge in [0.15, 0.2) is 0 Å². The molecule has 0 fully saturated rings. The minimum Gasteiger partial charge on any atom is -0.390 e. The lowest BCUT2D eigenvalue weighted by atomic mass is 9.88. The Hall–Kier alpha value is -0.0800. The Bertz CT molecular complexity index is 201. The third-order valence-corrected chi connectivity index (χ3v) is 2.92. The molecule has 1 atom stereocenters. The van der Waals surface area contributed by atoms with Gasteiger partial charge in [-0.15, -0.1) is 0 Å². The third-order valence-electron chi connectivity index (χ3n) is 2.92. The van der Waals surface area contributed by atoms with Crippen LogP contribution in [0.25, 0.3) is 0 Å². The van der Waals surface area contributed by atoms with Gasteiger partial charge < -0.3 is 9.84 Å². The molecular weight excluding hydrogens is 212 g/mol. The van der Waals surface area contributed by atoms with Gasteiger partial charge in [-0.2, -0.15) is 0 Å². The molecule has 0 radical (unpaired) electrons. The van der Waals surface area contributed by atoms with Crippen LogP contribution in [0.5, 0.6) is 0 Å². The van der Waals surface area contributed by atoms with Gasteiger partial charge in [-0.3, -0.25) is 0 Å². The first-order chi connectivity index (χ1) is 7.52. The molecule has 1 unspecified atom stereocenters. The first-order valence-electron chi connectivity index (χ1n) is 6.88. The van der Waals surface area contributed by atoms with Crippen LogP contribution in [-0.2, 0) is 4.74 Å². The highest BCUT2D eigenvalue weighted by Crippen LogP contribution is 2.25. The number of hydrogen-bond acceptors (Lipinski definition) is 2. The lowest BCUT2D eigenvalue weighted by Gasteiger charge is -2.30. The van der Waals surface area contributed by atoms with Crippen LogP contribution >= 0.6 is 0 Å². The molecule has 0 aromatic rings. The van der Waals surface area contributed by atoms with Crippen LogP contribution < -0.4 is 0 Å². The monoisotopic (exact) mass is 244 g/mol. The lowest BCUT2D eigenvalue weighted by molar-refractivity contribution is -0.0574. The topological polar surface area (TPSA) is 29.5 Å². The van der Waals surface area contributed by atoms with Gasteiger partial charge in [-0.05, 0) is 58.8 Å². The van der Waals surface area contributed by atoms with Gasteiger partial charge in [0.1, 0.15) is 0 Å². The zero-order valence-electron chi connectivity index (χ0n) is 12.8. The minimum atomic E-state index is -0.625. The molecule has 2 heteroatoms. The normalized spacial score (nSPS) is 15.4. The average Bonchev–Trinajstić information content (AvgIpc) is 1.96. The summed E-state index contributed by atoms with van der Waals surface area (Å²) in [4.78, 5) is 0. The molecular formula is C15H32O2. The summed E-state index contributed by atoms with van der Waals surface area (Å²) in [5.41, 5.74) is -0.709. The van der Waals surface area contributed by atoms with Crippen LogP contribution in [0.4, 0.5) is 0 Å². The molecule has 0 spiro atoms. The molecule has 0 saturated heterocycles. The van der Waals surface area contributed by atoms with Crippen LogP contribution in [0.15, 0.2) is 0 Å². The molecule has 0 aliphatic rings. The van der Waals surface area contributed by atoms with Gasteiger partial charge in [0, 0.05) is 0 Å². The Kier molecular flexibility index (Phi) is 6.71. The molecule has 0 aliphatic carbocycles. The SMILES string of the molecule is CC(C)CC(C)CC(C)(C)OCCC(C)(C)O. The molecule has 0 heterocycles. The quantitative estimate of drug-likeness (QED) is 0.699. The van der Waals surface area contributed by atoms with Crippen molar-refractivity contribution < 1.29 is 9.84 Å². The maximum Gasteiger partial charge on any atom is 0.0629 e. The Labute approximate surface area is 108 Å². The van der Waals surface area contributed by atoms with Gasteiger partial charge in [-0.25, -0.2) is 0 Å². The second kappa shape index (κ2) is 6.75. The summed E-state index contributed by atoms with van der Waals surface area (Å²) in [7, 11) is 0. The van der Waals surface area contributed by atoms with Crippen molar-refractivity contribution in [1.82, 2.24) is 0 Å². The van der Waals surface area contributed by atoms with E-state index in [0.717, 1.165) is 12.3 Å². The van der Waals surface area contributed by atoms with Gasteiger partial charge in [0.25, 0.3) is 0 Å². The van der Waals surface area contributed by atoms with Crippen molar-refractivity contribution in [3.63, 3.8) is 0 Å². The fraction of sp³-hybridized carbons (Fsp3) is 1.00. The van der Waals surface area contributed by atoms with E-state index in [1.165, 1.54) is 6.42 Å². The molecule has 0 saturated carbocycles. The molecule has 104 valence electrons. The first-order valence-corrected chi connectivity index (χ1v) is 6.88. The average molecular weight is 244 g/mol. The largest absolute Gasteiger partial charge is 0.390 e. The highest BCUT2D eigenvalue weighted by atomic mass is 16.5. The molecule has 2 nitrogen and oxygen atoms in total. The highest BCUT2D eigenvalue weighted by molar-refractivity contribution is 4.74. The fourth-order valence-corrected chi connectivity index (χ4v) is 2.36. The first kappa shape index (κ1) is 16.9. The van der Waals surface area contributed by atoms with Crippen molar-refractivity contribution in [3.8, 4) is 0 Å². The Morgan fingerprint density at radius 1 is 1.06 bits per heavy atom.